The van der Waals surface area contributed by atoms with Crippen molar-refractivity contribution in [3.8, 4) is 0 Å². The van der Waals surface area contributed by atoms with E-state index in [1.807, 2.05) is 24.3 Å². The van der Waals surface area contributed by atoms with Gasteiger partial charge in [-0.25, -0.2) is 0 Å². The average Bonchev–Trinajstić information content (AvgIpc) is 2.26. The highest BCUT2D eigenvalue weighted by Gasteiger charge is 1.96. The summed E-state index contributed by atoms with van der Waals surface area (Å²) in [6, 6.07) is 23.5. The summed E-state index contributed by atoms with van der Waals surface area (Å²) >= 11 is 0. The Bertz CT molecular complexity index is 489. The molecule has 3 aromatic carbocycles. The monoisotopic (exact) mass is 175 g/mol. The molecule has 0 heteroatoms. The van der Waals surface area contributed by atoms with Crippen molar-refractivity contribution in [1.29, 1.82) is 0 Å². The molecule has 0 heterocycles. The summed E-state index contributed by atoms with van der Waals surface area (Å²) in [6.45, 7) is 0. The predicted molar refractivity (Wildman–Crippen MR) is 58.0 cm³/mol. The Morgan fingerprint density at radius 2 is 1.36 bits per heavy atom. The first-order chi connectivity index (χ1) is 6.93. The van der Waals surface area contributed by atoms with Crippen LogP contribution in [0.25, 0.3) is 21.5 Å². The predicted octanol–water partition coefficient (Wildman–Crippen LogP) is 3.39. The number of rotatable bonds is 0. The van der Waals surface area contributed by atoms with E-state index in [0.717, 1.165) is 10.8 Å². The van der Waals surface area contributed by atoms with Crippen LogP contribution in [0.2, 0.25) is 0 Å². The molecule has 0 nitrogen and oxygen atoms in total. The maximum atomic E-state index is 3.35. The first-order valence-electron chi connectivity index (χ1n) is 4.55. The molecule has 63 valence electrons. The summed E-state index contributed by atoms with van der Waals surface area (Å²) in [5, 5.41) is 4.64. The van der Waals surface area contributed by atoms with E-state index < -0.39 is 0 Å². The molecule has 0 bridgehead atoms. The molecule has 0 atom stereocenters. The lowest BCUT2D eigenvalue weighted by molar-refractivity contribution is 1.74. The molecule has 0 spiro atoms. The SMILES string of the molecule is [c]1ccc2cc3cc[c]cc3[c]c2c1. The fraction of sp³-hybridized carbons (Fsp3) is 0. The lowest BCUT2D eigenvalue weighted by Crippen LogP contribution is -1.75. The summed E-state index contributed by atoms with van der Waals surface area (Å²) in [6.07, 6.45) is 0. The largest absolute Gasteiger partial charge is 0.0537 e. The van der Waals surface area contributed by atoms with Crippen molar-refractivity contribution in [3.63, 3.8) is 0 Å². The summed E-state index contributed by atoms with van der Waals surface area (Å²) in [5.41, 5.74) is 0. The highest BCUT2D eigenvalue weighted by molar-refractivity contribution is 5.97. The third kappa shape index (κ3) is 1.08. The van der Waals surface area contributed by atoms with E-state index in [0.29, 0.717) is 0 Å². The van der Waals surface area contributed by atoms with Gasteiger partial charge in [0.1, 0.15) is 0 Å². The van der Waals surface area contributed by atoms with Gasteiger partial charge < -0.3 is 0 Å². The molecule has 0 fully saturated rings. The van der Waals surface area contributed by atoms with Gasteiger partial charge in [-0.15, -0.1) is 0 Å². The van der Waals surface area contributed by atoms with Crippen molar-refractivity contribution in [1.82, 2.24) is 0 Å². The van der Waals surface area contributed by atoms with Crippen LogP contribution in [0.1, 0.15) is 0 Å². The zero-order valence-corrected chi connectivity index (χ0v) is 7.54. The van der Waals surface area contributed by atoms with E-state index >= 15 is 0 Å². The van der Waals surface area contributed by atoms with Gasteiger partial charge in [0, 0.05) is 0 Å². The lowest BCUT2D eigenvalue weighted by Gasteiger charge is -1.99. The smallest absolute Gasteiger partial charge is 0.00139 e. The van der Waals surface area contributed by atoms with E-state index in [-0.39, 0.29) is 0 Å². The maximum Gasteiger partial charge on any atom is -0.00139 e. The van der Waals surface area contributed by atoms with Crippen LogP contribution in [0, 0.1) is 18.2 Å². The molecule has 0 unspecified atom stereocenters. The molecule has 0 aromatic heterocycles. The molecule has 0 saturated heterocycles. The van der Waals surface area contributed by atoms with Gasteiger partial charge in [0.25, 0.3) is 0 Å². The van der Waals surface area contributed by atoms with Crippen molar-refractivity contribution >= 4 is 21.5 Å². The minimum absolute atomic E-state index is 1.11. The fourth-order valence-electron chi connectivity index (χ4n) is 1.67. The maximum absolute atomic E-state index is 3.35. The lowest BCUT2D eigenvalue weighted by atomic mass is 10.0. The highest BCUT2D eigenvalue weighted by Crippen LogP contribution is 2.20. The summed E-state index contributed by atoms with van der Waals surface area (Å²) in [4.78, 5) is 0. The Morgan fingerprint density at radius 1 is 0.786 bits per heavy atom. The van der Waals surface area contributed by atoms with Crippen molar-refractivity contribution in [2.75, 3.05) is 0 Å². The van der Waals surface area contributed by atoms with Crippen molar-refractivity contribution in [2.24, 2.45) is 0 Å². The normalized spacial score (nSPS) is 10.9. The van der Waals surface area contributed by atoms with Crippen LogP contribution in [0.4, 0.5) is 0 Å². The molecule has 3 aromatic rings. The summed E-state index contributed by atoms with van der Waals surface area (Å²) in [7, 11) is 0. The number of hydrogen-bond acceptors (Lipinski definition) is 0. The zero-order chi connectivity index (χ0) is 9.38. The van der Waals surface area contributed by atoms with Crippen LogP contribution < -0.4 is 0 Å². The van der Waals surface area contributed by atoms with Crippen LogP contribution in [-0.4, -0.2) is 0 Å². The third-order valence-electron chi connectivity index (χ3n) is 2.38. The molecule has 0 aliphatic carbocycles. The molecule has 3 rings (SSSR count). The Hall–Kier alpha value is -1.82. The second-order valence-electron chi connectivity index (χ2n) is 3.30. The Morgan fingerprint density at radius 3 is 1.93 bits per heavy atom. The van der Waals surface area contributed by atoms with E-state index in [1.54, 1.807) is 0 Å². The van der Waals surface area contributed by atoms with Crippen LogP contribution in [0.15, 0.2) is 42.5 Å². The van der Waals surface area contributed by atoms with Crippen LogP contribution in [0.5, 0.6) is 0 Å². The van der Waals surface area contributed by atoms with E-state index in [9.17, 15) is 0 Å². The first kappa shape index (κ1) is 7.57. The second-order valence-corrected chi connectivity index (χ2v) is 3.30. The number of benzene rings is 3. The fourth-order valence-corrected chi connectivity index (χ4v) is 1.67. The molecule has 0 N–H and O–H groups in total. The van der Waals surface area contributed by atoms with Gasteiger partial charge in [0.05, 0.1) is 0 Å². The molecule has 14 heavy (non-hydrogen) atoms. The molecule has 0 aliphatic heterocycles. The van der Waals surface area contributed by atoms with Gasteiger partial charge in [-0.2, -0.15) is 0 Å². The van der Waals surface area contributed by atoms with Gasteiger partial charge in [-0.05, 0) is 57.9 Å². The Kier molecular flexibility index (Phi) is 1.54. The Labute approximate surface area is 82.8 Å². The van der Waals surface area contributed by atoms with E-state index in [4.69, 9.17) is 0 Å². The van der Waals surface area contributed by atoms with Crippen molar-refractivity contribution in [3.05, 3.63) is 60.7 Å². The van der Waals surface area contributed by atoms with Gasteiger partial charge in [0.2, 0.25) is 0 Å². The molecular weight excluding hydrogens is 168 g/mol. The van der Waals surface area contributed by atoms with Crippen molar-refractivity contribution in [2.45, 2.75) is 0 Å². The minimum atomic E-state index is 1.11. The van der Waals surface area contributed by atoms with Gasteiger partial charge >= 0.3 is 0 Å². The third-order valence-corrected chi connectivity index (χ3v) is 2.38. The molecular formula is C14H7. The minimum Gasteiger partial charge on any atom is -0.0537 e. The second kappa shape index (κ2) is 2.85. The van der Waals surface area contributed by atoms with Crippen LogP contribution in [-0.2, 0) is 0 Å². The molecule has 0 amide bonds. The summed E-state index contributed by atoms with van der Waals surface area (Å²) < 4.78 is 0. The van der Waals surface area contributed by atoms with E-state index in [1.165, 1.54) is 10.8 Å². The molecule has 0 aliphatic rings. The zero-order valence-electron chi connectivity index (χ0n) is 7.54. The highest BCUT2D eigenvalue weighted by atomic mass is 14.0. The van der Waals surface area contributed by atoms with E-state index in [2.05, 4.69) is 36.4 Å². The molecule has 3 radical (unpaired) electrons. The standard InChI is InChI=1S/C14H7/c1-2-6-12-10-14-8-4-3-7-13(14)9-11(12)5-1/h1,3,5-9H. The van der Waals surface area contributed by atoms with Gasteiger partial charge in [-0.1, -0.05) is 24.3 Å². The quantitative estimate of drug-likeness (QED) is 0.459. The van der Waals surface area contributed by atoms with Crippen LogP contribution in [0.3, 0.4) is 0 Å². The topological polar surface area (TPSA) is 0 Å². The van der Waals surface area contributed by atoms with Gasteiger partial charge in [-0.3, -0.25) is 0 Å². The number of hydrogen-bond donors (Lipinski definition) is 0. The molecule has 0 saturated carbocycles. The Balaban J connectivity index is 2.52. The first-order valence-corrected chi connectivity index (χ1v) is 4.55. The van der Waals surface area contributed by atoms with Crippen molar-refractivity contribution < 1.29 is 0 Å². The number of fused-ring (bicyclic) bond motifs is 2. The van der Waals surface area contributed by atoms with Crippen LogP contribution >= 0.6 is 0 Å². The average molecular weight is 175 g/mol. The summed E-state index contributed by atoms with van der Waals surface area (Å²) in [5.74, 6) is 0. The van der Waals surface area contributed by atoms with Gasteiger partial charge in [0.15, 0.2) is 0 Å².